The molecule has 1 atom stereocenters. The Kier molecular flexibility index (Phi) is 6.54. The third-order valence-corrected chi connectivity index (χ3v) is 6.38. The first-order valence-corrected chi connectivity index (χ1v) is 12.1. The van der Waals surface area contributed by atoms with Crippen LogP contribution in [0.1, 0.15) is 39.4 Å². The lowest BCUT2D eigenvalue weighted by Gasteiger charge is -2.17. The summed E-state index contributed by atoms with van der Waals surface area (Å²) in [5.41, 5.74) is 2.18. The number of halogens is 2. The van der Waals surface area contributed by atoms with Crippen LogP contribution in [0.2, 0.25) is 5.02 Å². The summed E-state index contributed by atoms with van der Waals surface area (Å²) in [6, 6.07) is 8.55. The highest BCUT2D eigenvalue weighted by molar-refractivity contribution is 9.10. The molecular formula is C23H21BrClN7O3. The van der Waals surface area contributed by atoms with E-state index >= 15 is 0 Å². The van der Waals surface area contributed by atoms with Gasteiger partial charge >= 0.3 is 0 Å². The molecule has 180 valence electrons. The summed E-state index contributed by atoms with van der Waals surface area (Å²) in [5.74, 6) is -0.554. The standard InChI is InChI=1S/C23H21BrClN7O3/c1-13-10-14-6-8-28-31(14)20(23(34)27-12-15-4-3-9-35-15)19(13)29-22(33)17-11-18(24)30-32(17)21-16(25)5-2-7-26-21/h2,5-8,10-11,15H,3-4,9,12H2,1H3,(H,27,34)(H,29,33). The van der Waals surface area contributed by atoms with Crippen molar-refractivity contribution in [2.24, 2.45) is 0 Å². The van der Waals surface area contributed by atoms with Gasteiger partial charge in [0.2, 0.25) is 0 Å². The summed E-state index contributed by atoms with van der Waals surface area (Å²) >= 11 is 9.61. The molecule has 1 aliphatic rings. The van der Waals surface area contributed by atoms with Crippen LogP contribution >= 0.6 is 27.5 Å². The maximum absolute atomic E-state index is 13.5. The second kappa shape index (κ2) is 9.76. The number of anilines is 1. The van der Waals surface area contributed by atoms with Crippen LogP contribution in [0.15, 0.2) is 47.3 Å². The van der Waals surface area contributed by atoms with Crippen LogP contribution in [-0.4, -0.2) is 55.4 Å². The second-order valence-corrected chi connectivity index (χ2v) is 9.31. The molecule has 0 aliphatic carbocycles. The van der Waals surface area contributed by atoms with Crippen molar-refractivity contribution in [2.75, 3.05) is 18.5 Å². The van der Waals surface area contributed by atoms with Gasteiger partial charge in [-0.15, -0.1) is 0 Å². The minimum absolute atomic E-state index is 0.0234. The maximum atomic E-state index is 13.5. The van der Waals surface area contributed by atoms with Crippen molar-refractivity contribution in [1.82, 2.24) is 29.7 Å². The normalized spacial score (nSPS) is 15.5. The van der Waals surface area contributed by atoms with Gasteiger partial charge in [0.25, 0.3) is 11.8 Å². The van der Waals surface area contributed by atoms with Crippen molar-refractivity contribution in [3.63, 3.8) is 0 Å². The number of ether oxygens (including phenoxy) is 1. The number of aryl methyl sites for hydroxylation is 1. The molecule has 10 nitrogen and oxygen atoms in total. The number of carbonyl (C=O) groups is 2. The van der Waals surface area contributed by atoms with E-state index in [1.54, 1.807) is 36.7 Å². The van der Waals surface area contributed by atoms with Crippen molar-refractivity contribution in [3.05, 3.63) is 69.3 Å². The number of pyridine rings is 2. The Balaban J connectivity index is 1.51. The van der Waals surface area contributed by atoms with Crippen molar-refractivity contribution in [3.8, 4) is 5.82 Å². The maximum Gasteiger partial charge on any atom is 0.274 e. The van der Waals surface area contributed by atoms with E-state index in [0.29, 0.717) is 39.8 Å². The first kappa shape index (κ1) is 23.5. The van der Waals surface area contributed by atoms with Crippen molar-refractivity contribution >= 4 is 50.5 Å². The van der Waals surface area contributed by atoms with E-state index in [1.165, 1.54) is 9.20 Å². The third kappa shape index (κ3) is 4.66. The van der Waals surface area contributed by atoms with Crippen LogP contribution in [0.3, 0.4) is 0 Å². The molecule has 1 fully saturated rings. The first-order valence-electron chi connectivity index (χ1n) is 11.0. The van der Waals surface area contributed by atoms with Crippen LogP contribution in [0, 0.1) is 6.92 Å². The van der Waals surface area contributed by atoms with Crippen LogP contribution in [0.4, 0.5) is 5.69 Å². The molecule has 0 spiro atoms. The van der Waals surface area contributed by atoms with Crippen molar-refractivity contribution < 1.29 is 14.3 Å². The molecule has 1 unspecified atom stereocenters. The molecule has 0 saturated carbocycles. The Morgan fingerprint density at radius 3 is 2.89 bits per heavy atom. The Morgan fingerprint density at radius 1 is 1.26 bits per heavy atom. The summed E-state index contributed by atoms with van der Waals surface area (Å²) in [6.07, 6.45) is 5.00. The lowest BCUT2D eigenvalue weighted by Crippen LogP contribution is -2.34. The van der Waals surface area contributed by atoms with Gasteiger partial charge < -0.3 is 15.4 Å². The van der Waals surface area contributed by atoms with Gasteiger partial charge in [0.1, 0.15) is 10.3 Å². The van der Waals surface area contributed by atoms with Crippen molar-refractivity contribution in [2.45, 2.75) is 25.9 Å². The van der Waals surface area contributed by atoms with Gasteiger partial charge in [0, 0.05) is 25.4 Å². The molecular weight excluding hydrogens is 538 g/mol. The van der Waals surface area contributed by atoms with Gasteiger partial charge in [-0.3, -0.25) is 9.59 Å². The summed E-state index contributed by atoms with van der Waals surface area (Å²) < 4.78 is 8.90. The fourth-order valence-electron chi connectivity index (χ4n) is 4.05. The molecule has 0 radical (unpaired) electrons. The smallest absolute Gasteiger partial charge is 0.274 e. The second-order valence-electron chi connectivity index (χ2n) is 8.09. The number of hydrogen-bond acceptors (Lipinski definition) is 6. The van der Waals surface area contributed by atoms with E-state index in [2.05, 4.69) is 41.7 Å². The van der Waals surface area contributed by atoms with Gasteiger partial charge in [0.05, 0.1) is 28.5 Å². The van der Waals surface area contributed by atoms with E-state index in [1.807, 2.05) is 13.0 Å². The van der Waals surface area contributed by atoms with E-state index in [4.69, 9.17) is 16.3 Å². The number of hydrogen-bond donors (Lipinski definition) is 2. The molecule has 4 aromatic heterocycles. The number of carbonyl (C=O) groups excluding carboxylic acids is 2. The van der Waals surface area contributed by atoms with Gasteiger partial charge in [-0.1, -0.05) is 11.6 Å². The monoisotopic (exact) mass is 557 g/mol. The number of aromatic nitrogens is 5. The highest BCUT2D eigenvalue weighted by Crippen LogP contribution is 2.26. The van der Waals surface area contributed by atoms with Crippen molar-refractivity contribution in [1.29, 1.82) is 0 Å². The largest absolute Gasteiger partial charge is 0.376 e. The molecule has 0 bridgehead atoms. The quantitative estimate of drug-likeness (QED) is 0.372. The van der Waals surface area contributed by atoms with Crippen LogP contribution < -0.4 is 10.6 Å². The zero-order chi connectivity index (χ0) is 24.5. The molecule has 4 aromatic rings. The molecule has 1 aliphatic heterocycles. The fraction of sp³-hybridized carbons (Fsp3) is 0.261. The Bertz CT molecular complexity index is 1430. The molecule has 12 heteroatoms. The number of nitrogens with zero attached hydrogens (tertiary/aromatic N) is 5. The number of fused-ring (bicyclic) bond motifs is 1. The highest BCUT2D eigenvalue weighted by Gasteiger charge is 2.25. The third-order valence-electron chi connectivity index (χ3n) is 5.70. The molecule has 1 saturated heterocycles. The Hall–Kier alpha value is -3.28. The summed E-state index contributed by atoms with van der Waals surface area (Å²) in [7, 11) is 0. The molecule has 2 N–H and O–H groups in total. The van der Waals surface area contributed by atoms with E-state index in [-0.39, 0.29) is 23.4 Å². The average molecular weight is 559 g/mol. The van der Waals surface area contributed by atoms with E-state index in [9.17, 15) is 9.59 Å². The molecule has 2 amide bonds. The average Bonchev–Trinajstić information content (AvgIpc) is 3.59. The Morgan fingerprint density at radius 2 is 2.11 bits per heavy atom. The summed E-state index contributed by atoms with van der Waals surface area (Å²) in [6.45, 7) is 2.89. The minimum atomic E-state index is -0.493. The van der Waals surface area contributed by atoms with Crippen LogP contribution in [-0.2, 0) is 4.74 Å². The molecule has 0 aromatic carbocycles. The number of nitrogens with one attached hydrogen (secondary N) is 2. The Labute approximate surface area is 213 Å². The predicted molar refractivity (Wildman–Crippen MR) is 133 cm³/mol. The van der Waals surface area contributed by atoms with Gasteiger partial charge in [0.15, 0.2) is 11.5 Å². The number of amides is 2. The zero-order valence-electron chi connectivity index (χ0n) is 18.7. The van der Waals surface area contributed by atoms with Gasteiger partial charge in [-0.05, 0) is 65.5 Å². The minimum Gasteiger partial charge on any atom is -0.376 e. The SMILES string of the molecule is Cc1cc2ccnn2c(C(=O)NCC2CCCO2)c1NC(=O)c1cc(Br)nn1-c1ncccc1Cl. The highest BCUT2D eigenvalue weighted by atomic mass is 79.9. The topological polar surface area (TPSA) is 115 Å². The molecule has 5 rings (SSSR count). The molecule has 5 heterocycles. The van der Waals surface area contributed by atoms with E-state index in [0.717, 1.165) is 18.4 Å². The van der Waals surface area contributed by atoms with Crippen LogP contribution in [0.25, 0.3) is 11.3 Å². The van der Waals surface area contributed by atoms with Crippen LogP contribution in [0.5, 0.6) is 0 Å². The first-order chi connectivity index (χ1) is 16.9. The van der Waals surface area contributed by atoms with Gasteiger partial charge in [-0.25, -0.2) is 14.2 Å². The lowest BCUT2D eigenvalue weighted by atomic mass is 10.1. The van der Waals surface area contributed by atoms with E-state index < -0.39 is 5.91 Å². The molecule has 35 heavy (non-hydrogen) atoms. The number of rotatable bonds is 6. The zero-order valence-corrected chi connectivity index (χ0v) is 21.0. The summed E-state index contributed by atoms with van der Waals surface area (Å²) in [5, 5.41) is 14.8. The lowest BCUT2D eigenvalue weighted by molar-refractivity contribution is 0.0852. The fourth-order valence-corrected chi connectivity index (χ4v) is 4.62. The summed E-state index contributed by atoms with van der Waals surface area (Å²) in [4.78, 5) is 31.0. The van der Waals surface area contributed by atoms with Gasteiger partial charge in [-0.2, -0.15) is 10.2 Å². The predicted octanol–water partition coefficient (Wildman–Crippen LogP) is 3.80.